The fourth-order valence-electron chi connectivity index (χ4n) is 4.53. The van der Waals surface area contributed by atoms with E-state index in [9.17, 15) is 14.9 Å². The van der Waals surface area contributed by atoms with Crippen molar-refractivity contribution in [3.63, 3.8) is 0 Å². The molecule has 0 aliphatic carbocycles. The van der Waals surface area contributed by atoms with Crippen LogP contribution >= 0.6 is 0 Å². The predicted octanol–water partition coefficient (Wildman–Crippen LogP) is 5.56. The number of nitrogens with one attached hydrogen (secondary N) is 3. The molecule has 0 saturated heterocycles. The Morgan fingerprint density at radius 2 is 1.77 bits per heavy atom. The van der Waals surface area contributed by atoms with E-state index >= 15 is 0 Å². The molecular formula is C32H36N8O4. The Labute approximate surface area is 255 Å². The number of amides is 2. The van der Waals surface area contributed by atoms with Gasteiger partial charge in [-0.1, -0.05) is 44.4 Å². The van der Waals surface area contributed by atoms with Crippen molar-refractivity contribution in [3.8, 4) is 17.6 Å². The summed E-state index contributed by atoms with van der Waals surface area (Å²) in [5, 5.41) is 18.6. The Morgan fingerprint density at radius 3 is 2.41 bits per heavy atom. The third-order valence-electron chi connectivity index (χ3n) is 6.84. The summed E-state index contributed by atoms with van der Waals surface area (Å²) in [5.41, 5.74) is 8.35. The van der Waals surface area contributed by atoms with Gasteiger partial charge in [-0.05, 0) is 30.5 Å². The van der Waals surface area contributed by atoms with Crippen molar-refractivity contribution in [2.24, 2.45) is 5.73 Å². The molecule has 2 aromatic heterocycles. The Bertz CT molecular complexity index is 1670. The number of nitrogens with zero attached hydrogens (tertiary/aromatic N) is 4. The van der Waals surface area contributed by atoms with Crippen LogP contribution in [0.1, 0.15) is 54.9 Å². The molecule has 0 bridgehead atoms. The lowest BCUT2D eigenvalue weighted by atomic mass is 10.1. The van der Waals surface area contributed by atoms with Crippen LogP contribution in [0.25, 0.3) is 5.65 Å². The van der Waals surface area contributed by atoms with Gasteiger partial charge < -0.3 is 31.2 Å². The first kappa shape index (κ1) is 31.4. The van der Waals surface area contributed by atoms with E-state index in [4.69, 9.17) is 15.2 Å². The highest BCUT2D eigenvalue weighted by Gasteiger charge is 2.20. The van der Waals surface area contributed by atoms with Gasteiger partial charge in [0.25, 0.3) is 11.8 Å². The molecule has 0 aliphatic rings. The molecule has 2 amide bonds. The molecule has 44 heavy (non-hydrogen) atoms. The van der Waals surface area contributed by atoms with Crippen LogP contribution < -0.4 is 31.2 Å². The number of anilines is 4. The third-order valence-corrected chi connectivity index (χ3v) is 6.84. The molecular weight excluding hydrogens is 560 g/mol. The number of ether oxygens (including phenoxy) is 2. The number of aromatic nitrogens is 3. The van der Waals surface area contributed by atoms with Crippen LogP contribution in [0.5, 0.6) is 11.5 Å². The van der Waals surface area contributed by atoms with Gasteiger partial charge in [0.2, 0.25) is 5.95 Å². The molecule has 4 aromatic rings. The molecule has 0 aliphatic heterocycles. The van der Waals surface area contributed by atoms with E-state index in [1.165, 1.54) is 0 Å². The molecule has 12 nitrogen and oxygen atoms in total. The van der Waals surface area contributed by atoms with E-state index in [2.05, 4.69) is 32.8 Å². The topological polar surface area (TPSA) is 169 Å². The van der Waals surface area contributed by atoms with Gasteiger partial charge in [0, 0.05) is 48.5 Å². The lowest BCUT2D eigenvalue weighted by Crippen LogP contribution is -2.18. The largest absolute Gasteiger partial charge is 0.497 e. The van der Waals surface area contributed by atoms with Gasteiger partial charge in [-0.2, -0.15) is 10.2 Å². The Kier molecular flexibility index (Phi) is 10.7. The maximum Gasteiger partial charge on any atom is 0.265 e. The number of imidazole rings is 1. The molecule has 0 fully saturated rings. The highest BCUT2D eigenvalue weighted by Crippen LogP contribution is 2.30. The SMILES string of the molecule is CCCCCC/C=C(/C#N)C(=O)Nc1ccc(CNc2nc(Nc3cc(OC)cc(OC)c3)c(C(N)=O)c3nccn23)cc1. The minimum atomic E-state index is -0.693. The van der Waals surface area contributed by atoms with Crippen LogP contribution in [-0.4, -0.2) is 40.4 Å². The number of hydrogen-bond donors (Lipinski definition) is 4. The number of unbranched alkanes of at least 4 members (excludes halogenated alkanes) is 4. The Morgan fingerprint density at radius 1 is 1.05 bits per heavy atom. The molecule has 4 rings (SSSR count). The summed E-state index contributed by atoms with van der Waals surface area (Å²) in [6, 6.07) is 14.4. The van der Waals surface area contributed by atoms with E-state index < -0.39 is 11.8 Å². The van der Waals surface area contributed by atoms with E-state index in [-0.39, 0.29) is 17.0 Å². The standard InChI is InChI=1S/C32H36N8O4/c1-4-5-6-7-8-9-22(19-33)31(42)38-23-12-10-21(11-13-23)20-36-32-39-29(27(28(34)41)30-35-14-15-40(30)32)37-24-16-25(43-2)18-26(17-24)44-3/h9-18,37H,4-8,20H2,1-3H3,(H2,34,41)(H,36,39)(H,38,42)/b22-9-. The summed E-state index contributed by atoms with van der Waals surface area (Å²) in [4.78, 5) is 34.1. The number of benzene rings is 2. The predicted molar refractivity (Wildman–Crippen MR) is 169 cm³/mol. The summed E-state index contributed by atoms with van der Waals surface area (Å²) in [7, 11) is 3.09. The number of methoxy groups -OCH3 is 2. The molecule has 2 heterocycles. The lowest BCUT2D eigenvalue weighted by molar-refractivity contribution is -0.112. The van der Waals surface area contributed by atoms with E-state index in [0.717, 1.165) is 31.2 Å². The molecule has 2 aromatic carbocycles. The quantitative estimate of drug-likeness (QED) is 0.0780. The number of nitrogens with two attached hydrogens (primary N) is 1. The van der Waals surface area contributed by atoms with Gasteiger partial charge in [-0.3, -0.25) is 14.0 Å². The van der Waals surface area contributed by atoms with Crippen LogP contribution in [0.3, 0.4) is 0 Å². The monoisotopic (exact) mass is 596 g/mol. The number of hydrogen-bond acceptors (Lipinski definition) is 9. The van der Waals surface area contributed by atoms with Crippen molar-refractivity contribution in [2.75, 3.05) is 30.2 Å². The summed E-state index contributed by atoms with van der Waals surface area (Å²) >= 11 is 0. The fourth-order valence-corrected chi connectivity index (χ4v) is 4.53. The van der Waals surface area contributed by atoms with Crippen LogP contribution in [0.15, 0.2) is 66.5 Å². The number of primary amides is 1. The molecule has 0 saturated carbocycles. The zero-order valence-corrected chi connectivity index (χ0v) is 25.0. The summed E-state index contributed by atoms with van der Waals surface area (Å²) < 4.78 is 12.4. The molecule has 5 N–H and O–H groups in total. The minimum absolute atomic E-state index is 0.110. The number of allylic oxidation sites excluding steroid dienone is 1. The second kappa shape index (κ2) is 15.1. The first-order chi connectivity index (χ1) is 21.4. The molecule has 0 spiro atoms. The van der Waals surface area contributed by atoms with Gasteiger partial charge >= 0.3 is 0 Å². The second-order valence-corrected chi connectivity index (χ2v) is 9.95. The van der Waals surface area contributed by atoms with Gasteiger partial charge in [0.15, 0.2) is 11.5 Å². The van der Waals surface area contributed by atoms with Crippen molar-refractivity contribution >= 4 is 40.6 Å². The first-order valence-electron chi connectivity index (χ1n) is 14.3. The average Bonchev–Trinajstić information content (AvgIpc) is 3.51. The van der Waals surface area contributed by atoms with Gasteiger partial charge in [-0.15, -0.1) is 0 Å². The zero-order valence-electron chi connectivity index (χ0n) is 25.0. The maximum absolute atomic E-state index is 12.6. The number of carbonyl (C=O) groups is 2. The van der Waals surface area contributed by atoms with Gasteiger partial charge in [0.1, 0.15) is 28.7 Å². The number of carbonyl (C=O) groups excluding carboxylic acids is 2. The van der Waals surface area contributed by atoms with Crippen LogP contribution in [-0.2, 0) is 11.3 Å². The maximum atomic E-state index is 12.6. The highest BCUT2D eigenvalue weighted by molar-refractivity contribution is 6.06. The fraction of sp³-hybridized carbons (Fsp3) is 0.281. The van der Waals surface area contributed by atoms with Crippen molar-refractivity contribution in [3.05, 3.63) is 77.6 Å². The minimum Gasteiger partial charge on any atom is -0.497 e. The second-order valence-electron chi connectivity index (χ2n) is 9.95. The van der Waals surface area contributed by atoms with Crippen LogP contribution in [0, 0.1) is 11.3 Å². The van der Waals surface area contributed by atoms with Gasteiger partial charge in [0.05, 0.1) is 14.2 Å². The van der Waals surface area contributed by atoms with Gasteiger partial charge in [-0.25, -0.2) is 4.98 Å². The van der Waals surface area contributed by atoms with Crippen molar-refractivity contribution in [2.45, 2.75) is 45.6 Å². The van der Waals surface area contributed by atoms with Crippen LogP contribution in [0.2, 0.25) is 0 Å². The third kappa shape index (κ3) is 7.83. The zero-order chi connectivity index (χ0) is 31.5. The van der Waals surface area contributed by atoms with E-state index in [1.807, 2.05) is 18.2 Å². The summed E-state index contributed by atoms with van der Waals surface area (Å²) in [6.45, 7) is 2.51. The molecule has 0 atom stereocenters. The molecule has 0 unspecified atom stereocenters. The smallest absolute Gasteiger partial charge is 0.265 e. The van der Waals surface area contributed by atoms with Crippen LogP contribution in [0.4, 0.5) is 23.1 Å². The normalized spacial score (nSPS) is 11.1. The van der Waals surface area contributed by atoms with Crippen molar-refractivity contribution in [1.82, 2.24) is 14.4 Å². The first-order valence-corrected chi connectivity index (χ1v) is 14.3. The molecule has 12 heteroatoms. The average molecular weight is 597 g/mol. The van der Waals surface area contributed by atoms with E-state index in [0.29, 0.717) is 47.4 Å². The van der Waals surface area contributed by atoms with Crippen molar-refractivity contribution < 1.29 is 19.1 Å². The van der Waals surface area contributed by atoms with Crippen molar-refractivity contribution in [1.29, 1.82) is 5.26 Å². The highest BCUT2D eigenvalue weighted by atomic mass is 16.5. The van der Waals surface area contributed by atoms with E-state index in [1.54, 1.807) is 67.4 Å². The number of fused-ring (bicyclic) bond motifs is 1. The number of nitriles is 1. The summed E-state index contributed by atoms with van der Waals surface area (Å²) in [6.07, 6.45) is 9.93. The number of rotatable bonds is 15. The Balaban J connectivity index is 1.50. The molecule has 228 valence electrons. The lowest BCUT2D eigenvalue weighted by Gasteiger charge is -2.16. The summed E-state index contributed by atoms with van der Waals surface area (Å²) in [5.74, 6) is 0.605. The Hall–Kier alpha value is -5.57. The molecule has 0 radical (unpaired) electrons.